The Morgan fingerprint density at radius 2 is 1.70 bits per heavy atom. The standard InChI is InChI=1S/C17H14BrN2/c1-19-15(12-7-3-2-4-8-12)16(18)20-11-13-9-5-6-10-14(13)17(19)20/h2-10H,11H2,1H3/q+1. The van der Waals surface area contributed by atoms with Gasteiger partial charge in [-0.2, -0.15) is 0 Å². The van der Waals surface area contributed by atoms with Crippen molar-refractivity contribution in [1.82, 2.24) is 4.57 Å². The summed E-state index contributed by atoms with van der Waals surface area (Å²) in [4.78, 5) is 0. The fourth-order valence-corrected chi connectivity index (χ4v) is 3.86. The number of nitrogens with zero attached hydrogens (tertiary/aromatic N) is 2. The van der Waals surface area contributed by atoms with Crippen LogP contribution in [-0.4, -0.2) is 4.57 Å². The molecule has 1 aliphatic heterocycles. The van der Waals surface area contributed by atoms with E-state index in [1.54, 1.807) is 0 Å². The Balaban J connectivity index is 2.00. The minimum atomic E-state index is 0.937. The van der Waals surface area contributed by atoms with Crippen LogP contribution in [0, 0.1) is 0 Å². The van der Waals surface area contributed by atoms with Crippen LogP contribution in [0.15, 0.2) is 59.2 Å². The molecule has 0 atom stereocenters. The summed E-state index contributed by atoms with van der Waals surface area (Å²) in [5, 5.41) is 0. The molecule has 2 aromatic carbocycles. The molecule has 0 radical (unpaired) electrons. The number of aromatic nitrogens is 2. The summed E-state index contributed by atoms with van der Waals surface area (Å²) in [6, 6.07) is 19.2. The van der Waals surface area contributed by atoms with Gasteiger partial charge in [0, 0.05) is 27.1 Å². The van der Waals surface area contributed by atoms with Gasteiger partial charge < -0.3 is 0 Å². The quantitative estimate of drug-likeness (QED) is 0.471. The van der Waals surface area contributed by atoms with Gasteiger partial charge in [0.25, 0.3) is 5.82 Å². The lowest BCUT2D eigenvalue weighted by Crippen LogP contribution is -2.31. The van der Waals surface area contributed by atoms with E-state index in [9.17, 15) is 0 Å². The van der Waals surface area contributed by atoms with E-state index in [1.165, 1.54) is 28.2 Å². The Kier molecular flexibility index (Phi) is 2.57. The maximum atomic E-state index is 3.79. The zero-order valence-electron chi connectivity index (χ0n) is 11.2. The first-order valence-electron chi connectivity index (χ1n) is 6.69. The van der Waals surface area contributed by atoms with Crippen molar-refractivity contribution in [2.75, 3.05) is 0 Å². The van der Waals surface area contributed by atoms with Crippen LogP contribution in [0.1, 0.15) is 5.56 Å². The highest BCUT2D eigenvalue weighted by Gasteiger charge is 2.35. The first-order valence-corrected chi connectivity index (χ1v) is 7.48. The van der Waals surface area contributed by atoms with Crippen molar-refractivity contribution in [3.05, 3.63) is 64.8 Å². The summed E-state index contributed by atoms with van der Waals surface area (Å²) in [5.41, 5.74) is 5.19. The first-order chi connectivity index (χ1) is 9.77. The SMILES string of the molecule is C[n+]1c(-c2ccccc2)c(Br)n2c1-c1ccccc1C2. The highest BCUT2D eigenvalue weighted by Crippen LogP contribution is 2.37. The number of imidazole rings is 1. The van der Waals surface area contributed by atoms with Crippen LogP contribution in [0.5, 0.6) is 0 Å². The molecule has 3 aromatic rings. The van der Waals surface area contributed by atoms with E-state index in [0.29, 0.717) is 0 Å². The molecular formula is C17H14BrN2+. The molecule has 0 amide bonds. The lowest BCUT2D eigenvalue weighted by Gasteiger charge is -2.00. The van der Waals surface area contributed by atoms with Gasteiger partial charge in [-0.25, -0.2) is 9.13 Å². The number of fused-ring (bicyclic) bond motifs is 3. The zero-order chi connectivity index (χ0) is 13.7. The first kappa shape index (κ1) is 11.9. The summed E-state index contributed by atoms with van der Waals surface area (Å²) in [7, 11) is 2.14. The van der Waals surface area contributed by atoms with E-state index < -0.39 is 0 Å². The van der Waals surface area contributed by atoms with Crippen LogP contribution in [0.4, 0.5) is 0 Å². The molecule has 98 valence electrons. The molecule has 0 unspecified atom stereocenters. The molecule has 0 bridgehead atoms. The monoisotopic (exact) mass is 325 g/mol. The number of benzene rings is 2. The van der Waals surface area contributed by atoms with E-state index >= 15 is 0 Å². The third-order valence-electron chi connectivity index (χ3n) is 3.98. The van der Waals surface area contributed by atoms with Crippen LogP contribution in [0.3, 0.4) is 0 Å². The van der Waals surface area contributed by atoms with E-state index in [0.717, 1.165) is 11.1 Å². The van der Waals surface area contributed by atoms with Crippen LogP contribution < -0.4 is 4.57 Å². The van der Waals surface area contributed by atoms with Crippen molar-refractivity contribution in [2.24, 2.45) is 7.05 Å². The third kappa shape index (κ3) is 1.53. The third-order valence-corrected chi connectivity index (χ3v) is 4.78. The Morgan fingerprint density at radius 1 is 1.00 bits per heavy atom. The highest BCUT2D eigenvalue weighted by molar-refractivity contribution is 9.10. The number of hydrogen-bond acceptors (Lipinski definition) is 0. The second-order valence-corrected chi connectivity index (χ2v) is 5.88. The molecule has 0 N–H and O–H groups in total. The molecule has 3 heteroatoms. The fraction of sp³-hybridized carbons (Fsp3) is 0.118. The normalized spacial score (nSPS) is 12.3. The molecule has 0 saturated carbocycles. The molecule has 20 heavy (non-hydrogen) atoms. The van der Waals surface area contributed by atoms with E-state index in [1.807, 2.05) is 0 Å². The van der Waals surface area contributed by atoms with Crippen molar-refractivity contribution in [3.8, 4) is 22.6 Å². The van der Waals surface area contributed by atoms with Crippen LogP contribution in [-0.2, 0) is 13.6 Å². The van der Waals surface area contributed by atoms with Gasteiger partial charge in [-0.15, -0.1) is 0 Å². The summed E-state index contributed by atoms with van der Waals surface area (Å²) in [6.45, 7) is 0.937. The van der Waals surface area contributed by atoms with Gasteiger partial charge in [0.2, 0.25) is 4.60 Å². The summed E-state index contributed by atoms with van der Waals surface area (Å²) in [5.74, 6) is 1.27. The topological polar surface area (TPSA) is 8.81 Å². The van der Waals surface area contributed by atoms with Gasteiger partial charge in [0.05, 0.1) is 12.6 Å². The minimum absolute atomic E-state index is 0.937. The second-order valence-electron chi connectivity index (χ2n) is 5.13. The largest absolute Gasteiger partial charge is 0.290 e. The zero-order valence-corrected chi connectivity index (χ0v) is 12.8. The Morgan fingerprint density at radius 3 is 2.50 bits per heavy atom. The smallest absolute Gasteiger partial charge is 0.225 e. The number of hydrogen-bond donors (Lipinski definition) is 0. The Hall–Kier alpha value is -1.87. The Bertz CT molecular complexity index is 800. The minimum Gasteiger partial charge on any atom is -0.225 e. The summed E-state index contributed by atoms with van der Waals surface area (Å²) < 4.78 is 5.77. The van der Waals surface area contributed by atoms with Gasteiger partial charge in [-0.3, -0.25) is 0 Å². The second kappa shape index (κ2) is 4.32. The molecule has 0 fully saturated rings. The molecular weight excluding hydrogens is 312 g/mol. The van der Waals surface area contributed by atoms with Crippen molar-refractivity contribution >= 4 is 15.9 Å². The van der Waals surface area contributed by atoms with Crippen LogP contribution >= 0.6 is 15.9 Å². The summed E-state index contributed by atoms with van der Waals surface area (Å²) >= 11 is 3.79. The molecule has 4 rings (SSSR count). The molecule has 0 aliphatic carbocycles. The van der Waals surface area contributed by atoms with Gasteiger partial charge in [0.15, 0.2) is 5.69 Å². The lowest BCUT2D eigenvalue weighted by atomic mass is 10.1. The summed E-state index contributed by atoms with van der Waals surface area (Å²) in [6.07, 6.45) is 0. The average Bonchev–Trinajstić information content (AvgIpc) is 2.97. The van der Waals surface area contributed by atoms with Crippen molar-refractivity contribution < 1.29 is 4.57 Å². The predicted octanol–water partition coefficient (Wildman–Crippen LogP) is 3.77. The van der Waals surface area contributed by atoms with Gasteiger partial charge in [-0.1, -0.05) is 48.5 Å². The maximum Gasteiger partial charge on any atom is 0.290 e. The van der Waals surface area contributed by atoms with Gasteiger partial charge >= 0.3 is 0 Å². The van der Waals surface area contributed by atoms with E-state index in [2.05, 4.69) is 86.7 Å². The van der Waals surface area contributed by atoms with Gasteiger partial charge in [-0.05, 0) is 6.07 Å². The van der Waals surface area contributed by atoms with Crippen molar-refractivity contribution in [1.29, 1.82) is 0 Å². The maximum absolute atomic E-state index is 3.79. The van der Waals surface area contributed by atoms with Crippen LogP contribution in [0.2, 0.25) is 0 Å². The molecule has 0 saturated heterocycles. The number of halogens is 1. The highest BCUT2D eigenvalue weighted by atomic mass is 79.9. The molecule has 1 aromatic heterocycles. The average molecular weight is 326 g/mol. The van der Waals surface area contributed by atoms with E-state index in [4.69, 9.17) is 0 Å². The fourth-order valence-electron chi connectivity index (χ4n) is 3.07. The molecule has 2 heterocycles. The van der Waals surface area contributed by atoms with E-state index in [-0.39, 0.29) is 0 Å². The van der Waals surface area contributed by atoms with Crippen molar-refractivity contribution in [2.45, 2.75) is 6.54 Å². The molecule has 0 spiro atoms. The molecule has 1 aliphatic rings. The van der Waals surface area contributed by atoms with Gasteiger partial charge in [0.1, 0.15) is 6.54 Å². The number of rotatable bonds is 1. The molecule has 2 nitrogen and oxygen atoms in total. The van der Waals surface area contributed by atoms with Crippen molar-refractivity contribution in [3.63, 3.8) is 0 Å². The lowest BCUT2D eigenvalue weighted by molar-refractivity contribution is -0.648. The Labute approximate surface area is 126 Å². The predicted molar refractivity (Wildman–Crippen MR) is 83.3 cm³/mol. The van der Waals surface area contributed by atoms with Crippen LogP contribution in [0.25, 0.3) is 22.6 Å².